The van der Waals surface area contributed by atoms with Crippen molar-refractivity contribution in [3.05, 3.63) is 69.2 Å². The molecule has 6 rings (SSSR count). The lowest BCUT2D eigenvalue weighted by atomic mass is 9.53. The maximum absolute atomic E-state index is 15.1. The van der Waals surface area contributed by atoms with Crippen LogP contribution in [0.3, 0.4) is 0 Å². The number of hydrogen-bond acceptors (Lipinski definition) is 1. The van der Waals surface area contributed by atoms with E-state index >= 15 is 8.78 Å². The average molecular weight is 445 g/mol. The standard InChI is InChI=1S/C24H23BrF2O/c1-28-19-4-2-15(3-5-19)23(24-20(26)11-18(25)12-21(24)27)22-16-7-13-6-14(9-16)10-17(22)8-13/h2-5,11-14,16-17H,6-10H2,1H3. The smallest absolute Gasteiger partial charge is 0.135 e. The Labute approximate surface area is 172 Å². The van der Waals surface area contributed by atoms with Crippen molar-refractivity contribution < 1.29 is 13.5 Å². The monoisotopic (exact) mass is 444 g/mol. The lowest BCUT2D eigenvalue weighted by Gasteiger charge is -2.52. The van der Waals surface area contributed by atoms with E-state index in [9.17, 15) is 0 Å². The summed E-state index contributed by atoms with van der Waals surface area (Å²) in [4.78, 5) is 0. The molecule has 1 nitrogen and oxygen atoms in total. The van der Waals surface area contributed by atoms with Gasteiger partial charge in [0.25, 0.3) is 0 Å². The van der Waals surface area contributed by atoms with E-state index in [-0.39, 0.29) is 5.56 Å². The number of halogens is 3. The molecule has 2 aromatic carbocycles. The molecule has 4 aliphatic rings. The van der Waals surface area contributed by atoms with Gasteiger partial charge in [-0.15, -0.1) is 0 Å². The zero-order valence-corrected chi connectivity index (χ0v) is 17.4. The molecule has 0 amide bonds. The molecule has 0 saturated heterocycles. The summed E-state index contributed by atoms with van der Waals surface area (Å²) in [6.07, 6.45) is 6.02. The van der Waals surface area contributed by atoms with Crippen LogP contribution >= 0.6 is 15.9 Å². The zero-order chi connectivity index (χ0) is 19.4. The molecule has 4 bridgehead atoms. The summed E-state index contributed by atoms with van der Waals surface area (Å²) in [5, 5.41) is 0. The molecule has 146 valence electrons. The first kappa shape index (κ1) is 18.4. The molecule has 4 aliphatic carbocycles. The van der Waals surface area contributed by atoms with Crippen LogP contribution in [0.5, 0.6) is 5.75 Å². The summed E-state index contributed by atoms with van der Waals surface area (Å²) >= 11 is 3.22. The minimum Gasteiger partial charge on any atom is -0.497 e. The van der Waals surface area contributed by atoms with E-state index in [4.69, 9.17) is 4.74 Å². The summed E-state index contributed by atoms with van der Waals surface area (Å²) in [5.41, 5.74) is 3.07. The molecule has 4 saturated carbocycles. The predicted octanol–water partition coefficient (Wildman–Crippen LogP) is 6.99. The minimum absolute atomic E-state index is 0.121. The second kappa shape index (κ2) is 6.98. The summed E-state index contributed by atoms with van der Waals surface area (Å²) < 4.78 is 35.9. The number of ether oxygens (including phenoxy) is 1. The third-order valence-corrected chi connectivity index (χ3v) is 7.40. The van der Waals surface area contributed by atoms with Crippen LogP contribution in [0.2, 0.25) is 0 Å². The second-order valence-electron chi connectivity index (χ2n) is 8.61. The van der Waals surface area contributed by atoms with Crippen LogP contribution in [0, 0.1) is 35.3 Å². The van der Waals surface area contributed by atoms with Crippen LogP contribution in [0.4, 0.5) is 8.78 Å². The van der Waals surface area contributed by atoms with E-state index in [0.717, 1.165) is 28.7 Å². The van der Waals surface area contributed by atoms with Crippen LogP contribution in [-0.2, 0) is 0 Å². The lowest BCUT2D eigenvalue weighted by molar-refractivity contribution is 0.0705. The summed E-state index contributed by atoms with van der Waals surface area (Å²) in [5.74, 6) is 2.24. The molecule has 0 N–H and O–H groups in total. The van der Waals surface area contributed by atoms with E-state index in [1.807, 2.05) is 24.3 Å². The number of benzene rings is 2. The molecule has 0 aliphatic heterocycles. The highest BCUT2D eigenvalue weighted by molar-refractivity contribution is 9.10. The van der Waals surface area contributed by atoms with Gasteiger partial charge in [-0.05, 0) is 91.2 Å². The highest BCUT2D eigenvalue weighted by atomic mass is 79.9. The molecule has 0 spiro atoms. The molecular formula is C24H23BrF2O. The SMILES string of the molecule is COc1ccc(C(=C2C3CC4CC(C3)CC2C4)c2c(F)cc(Br)cc2F)cc1. The Kier molecular flexibility index (Phi) is 4.58. The van der Waals surface area contributed by atoms with Gasteiger partial charge in [0.15, 0.2) is 0 Å². The summed E-state index contributed by atoms with van der Waals surface area (Å²) in [6, 6.07) is 10.4. The molecule has 4 fully saturated rings. The predicted molar refractivity (Wildman–Crippen MR) is 110 cm³/mol. The van der Waals surface area contributed by atoms with Gasteiger partial charge in [0.1, 0.15) is 17.4 Å². The topological polar surface area (TPSA) is 9.23 Å². The quantitative estimate of drug-likeness (QED) is 0.495. The number of hydrogen-bond donors (Lipinski definition) is 0. The number of methoxy groups -OCH3 is 1. The van der Waals surface area contributed by atoms with Gasteiger partial charge >= 0.3 is 0 Å². The maximum atomic E-state index is 15.1. The zero-order valence-electron chi connectivity index (χ0n) is 15.9. The molecular weight excluding hydrogens is 422 g/mol. The van der Waals surface area contributed by atoms with Crippen molar-refractivity contribution in [3.63, 3.8) is 0 Å². The largest absolute Gasteiger partial charge is 0.497 e. The fourth-order valence-corrected chi connectivity index (χ4v) is 6.50. The van der Waals surface area contributed by atoms with Crippen LogP contribution in [0.1, 0.15) is 43.2 Å². The number of allylic oxidation sites excluding steroid dienone is 1. The maximum Gasteiger partial charge on any atom is 0.135 e. The van der Waals surface area contributed by atoms with Crippen molar-refractivity contribution in [2.24, 2.45) is 23.7 Å². The van der Waals surface area contributed by atoms with Gasteiger partial charge in [-0.2, -0.15) is 0 Å². The van der Waals surface area contributed by atoms with Crippen molar-refractivity contribution in [2.75, 3.05) is 7.11 Å². The molecule has 0 aromatic heterocycles. The Hall–Kier alpha value is -1.68. The van der Waals surface area contributed by atoms with E-state index in [2.05, 4.69) is 15.9 Å². The van der Waals surface area contributed by atoms with Crippen LogP contribution in [0.15, 0.2) is 46.4 Å². The normalized spacial score (nSPS) is 27.9. The molecule has 2 aromatic rings. The van der Waals surface area contributed by atoms with Crippen LogP contribution < -0.4 is 4.74 Å². The van der Waals surface area contributed by atoms with Crippen LogP contribution in [-0.4, -0.2) is 7.11 Å². The highest BCUT2D eigenvalue weighted by Crippen LogP contribution is 2.58. The van der Waals surface area contributed by atoms with Crippen molar-refractivity contribution in [3.8, 4) is 5.75 Å². The minimum atomic E-state index is -0.501. The van der Waals surface area contributed by atoms with Gasteiger partial charge in [-0.3, -0.25) is 0 Å². The first-order valence-corrected chi connectivity index (χ1v) is 10.9. The fourth-order valence-electron chi connectivity index (χ4n) is 6.09. The Bertz CT molecular complexity index is 895. The molecule has 0 heterocycles. The fraction of sp³-hybridized carbons (Fsp3) is 0.417. The van der Waals surface area contributed by atoms with Gasteiger partial charge in [-0.25, -0.2) is 8.78 Å². The van der Waals surface area contributed by atoms with Gasteiger partial charge in [0, 0.05) is 4.47 Å². The Morgan fingerprint density at radius 1 is 0.893 bits per heavy atom. The van der Waals surface area contributed by atoms with E-state index in [1.54, 1.807) is 7.11 Å². The molecule has 0 radical (unpaired) electrons. The van der Waals surface area contributed by atoms with Crippen molar-refractivity contribution in [1.29, 1.82) is 0 Å². The van der Waals surface area contributed by atoms with Gasteiger partial charge in [-0.1, -0.05) is 33.6 Å². The van der Waals surface area contributed by atoms with E-state index < -0.39 is 11.6 Å². The summed E-state index contributed by atoms with van der Waals surface area (Å²) in [6.45, 7) is 0. The highest BCUT2D eigenvalue weighted by Gasteiger charge is 2.46. The third kappa shape index (κ3) is 3.01. The van der Waals surface area contributed by atoms with Crippen LogP contribution in [0.25, 0.3) is 5.57 Å². The van der Waals surface area contributed by atoms with Gasteiger partial charge in [0.2, 0.25) is 0 Å². The Morgan fingerprint density at radius 3 is 1.93 bits per heavy atom. The third-order valence-electron chi connectivity index (χ3n) is 6.94. The van der Waals surface area contributed by atoms with Gasteiger partial charge in [0.05, 0.1) is 12.7 Å². The first-order chi connectivity index (χ1) is 13.5. The lowest BCUT2D eigenvalue weighted by Crippen LogP contribution is -2.41. The Balaban J connectivity index is 1.74. The average Bonchev–Trinajstić information content (AvgIpc) is 2.65. The van der Waals surface area contributed by atoms with Gasteiger partial charge < -0.3 is 4.74 Å². The summed E-state index contributed by atoms with van der Waals surface area (Å²) in [7, 11) is 1.63. The molecule has 28 heavy (non-hydrogen) atoms. The van der Waals surface area contributed by atoms with Crippen molar-refractivity contribution in [2.45, 2.75) is 32.1 Å². The van der Waals surface area contributed by atoms with E-state index in [1.165, 1.54) is 49.8 Å². The number of rotatable bonds is 3. The van der Waals surface area contributed by atoms with Crippen molar-refractivity contribution >= 4 is 21.5 Å². The van der Waals surface area contributed by atoms with E-state index in [0.29, 0.717) is 16.3 Å². The molecule has 0 atom stereocenters. The first-order valence-electron chi connectivity index (χ1n) is 10.1. The molecule has 4 heteroatoms. The van der Waals surface area contributed by atoms with Crippen molar-refractivity contribution in [1.82, 2.24) is 0 Å². The molecule has 0 unspecified atom stereocenters. The second-order valence-corrected chi connectivity index (χ2v) is 9.52. The Morgan fingerprint density at radius 2 is 1.43 bits per heavy atom.